The Morgan fingerprint density at radius 3 is 2.41 bits per heavy atom. The van der Waals surface area contributed by atoms with Gasteiger partial charge in [-0.25, -0.2) is 13.7 Å². The summed E-state index contributed by atoms with van der Waals surface area (Å²) in [5.74, 6) is -0.241. The van der Waals surface area contributed by atoms with Gasteiger partial charge in [-0.1, -0.05) is 30.3 Å². The van der Waals surface area contributed by atoms with Crippen molar-refractivity contribution in [3.05, 3.63) is 82.0 Å². The summed E-state index contributed by atoms with van der Waals surface area (Å²) in [7, 11) is 1.00. The maximum absolute atomic E-state index is 14.1. The van der Waals surface area contributed by atoms with E-state index in [1.807, 2.05) is 6.07 Å². The van der Waals surface area contributed by atoms with Gasteiger partial charge in [-0.3, -0.25) is 5.26 Å². The number of halogens is 2. The third-order valence-electron chi connectivity index (χ3n) is 5.19. The van der Waals surface area contributed by atoms with Crippen molar-refractivity contribution in [3.63, 3.8) is 0 Å². The van der Waals surface area contributed by atoms with Crippen LogP contribution < -0.4 is 0 Å². The van der Waals surface area contributed by atoms with Crippen LogP contribution in [-0.2, 0) is 17.7 Å². The lowest BCUT2D eigenvalue weighted by atomic mass is 9.98. The number of rotatable bonds is 10. The van der Waals surface area contributed by atoms with Gasteiger partial charge >= 0.3 is 0 Å². The SMILES string of the molecule is CO.Cc1ccc(CCC(F)CC(CO)OO)cc1Cc1ccc(-c2ccc(F)cc2)s1. The van der Waals surface area contributed by atoms with Crippen molar-refractivity contribution in [2.45, 2.75) is 44.9 Å². The number of aliphatic hydroxyl groups excluding tert-OH is 2. The topological polar surface area (TPSA) is 69.9 Å². The van der Waals surface area contributed by atoms with Crippen LogP contribution in [0.1, 0.15) is 34.4 Å². The molecule has 7 heteroatoms. The average Bonchev–Trinajstić information content (AvgIpc) is 3.28. The molecule has 0 aliphatic carbocycles. The number of hydrogen-bond donors (Lipinski definition) is 3. The molecule has 3 N–H and O–H groups in total. The summed E-state index contributed by atoms with van der Waals surface area (Å²) >= 11 is 1.69. The second-order valence-electron chi connectivity index (χ2n) is 7.49. The predicted octanol–water partition coefficient (Wildman–Crippen LogP) is 5.57. The van der Waals surface area contributed by atoms with Crippen LogP contribution in [0.4, 0.5) is 8.78 Å². The summed E-state index contributed by atoms with van der Waals surface area (Å²) in [6.07, 6.45) is -0.417. The van der Waals surface area contributed by atoms with Gasteiger partial charge in [0, 0.05) is 29.7 Å². The van der Waals surface area contributed by atoms with Crippen molar-refractivity contribution in [1.29, 1.82) is 0 Å². The first kappa shape index (κ1) is 26.1. The van der Waals surface area contributed by atoms with Gasteiger partial charge in [0.15, 0.2) is 0 Å². The lowest BCUT2D eigenvalue weighted by Crippen LogP contribution is -2.21. The van der Waals surface area contributed by atoms with E-state index in [2.05, 4.69) is 36.1 Å². The molecule has 0 radical (unpaired) electrons. The van der Waals surface area contributed by atoms with E-state index in [9.17, 15) is 8.78 Å². The number of benzene rings is 2. The van der Waals surface area contributed by atoms with Gasteiger partial charge in [0.05, 0.1) is 6.61 Å². The Morgan fingerprint density at radius 1 is 1.03 bits per heavy atom. The third-order valence-corrected chi connectivity index (χ3v) is 6.32. The van der Waals surface area contributed by atoms with Crippen molar-refractivity contribution in [2.75, 3.05) is 13.7 Å². The number of aliphatic hydroxyl groups is 2. The van der Waals surface area contributed by atoms with Crippen LogP contribution in [0, 0.1) is 12.7 Å². The summed E-state index contributed by atoms with van der Waals surface area (Å²) in [5.41, 5.74) is 4.43. The zero-order chi connectivity index (χ0) is 23.5. The van der Waals surface area contributed by atoms with E-state index in [-0.39, 0.29) is 12.2 Å². The molecule has 0 saturated carbocycles. The summed E-state index contributed by atoms with van der Waals surface area (Å²) in [4.78, 5) is 6.37. The monoisotopic (exact) mass is 464 g/mol. The normalized spacial score (nSPS) is 12.7. The van der Waals surface area contributed by atoms with Crippen LogP contribution in [0.15, 0.2) is 54.6 Å². The zero-order valence-corrected chi connectivity index (χ0v) is 19.1. The minimum Gasteiger partial charge on any atom is -0.400 e. The molecular formula is C25H30F2O4S. The molecule has 174 valence electrons. The molecule has 2 atom stereocenters. The molecule has 1 aromatic heterocycles. The van der Waals surface area contributed by atoms with Gasteiger partial charge in [-0.05, 0) is 66.3 Å². The van der Waals surface area contributed by atoms with E-state index >= 15 is 0 Å². The highest BCUT2D eigenvalue weighted by Crippen LogP contribution is 2.30. The van der Waals surface area contributed by atoms with Crippen molar-refractivity contribution in [2.24, 2.45) is 0 Å². The Morgan fingerprint density at radius 2 is 1.75 bits per heavy atom. The van der Waals surface area contributed by atoms with Crippen LogP contribution in [0.25, 0.3) is 10.4 Å². The number of alkyl halides is 1. The molecule has 4 nitrogen and oxygen atoms in total. The minimum absolute atomic E-state index is 0.0346. The molecule has 3 rings (SSSR count). The molecule has 0 spiro atoms. The van der Waals surface area contributed by atoms with Gasteiger partial charge < -0.3 is 10.2 Å². The Bertz CT molecular complexity index is 939. The van der Waals surface area contributed by atoms with Crippen LogP contribution in [-0.4, -0.2) is 41.5 Å². The van der Waals surface area contributed by atoms with E-state index < -0.39 is 18.9 Å². The first-order chi connectivity index (χ1) is 15.5. The molecule has 0 aliphatic rings. The molecule has 3 aromatic rings. The molecule has 2 unspecified atom stereocenters. The second-order valence-corrected chi connectivity index (χ2v) is 8.66. The van der Waals surface area contributed by atoms with Crippen LogP contribution in [0.3, 0.4) is 0 Å². The quantitative estimate of drug-likeness (QED) is 0.271. The lowest BCUT2D eigenvalue weighted by Gasteiger charge is -2.14. The largest absolute Gasteiger partial charge is 0.400 e. The minimum atomic E-state index is -1.16. The summed E-state index contributed by atoms with van der Waals surface area (Å²) in [6, 6.07) is 16.8. The molecule has 0 amide bonds. The number of hydrogen-bond acceptors (Lipinski definition) is 5. The highest BCUT2D eigenvalue weighted by molar-refractivity contribution is 7.15. The maximum atomic E-state index is 14.1. The van der Waals surface area contributed by atoms with Gasteiger partial charge in [0.2, 0.25) is 0 Å². The smallest absolute Gasteiger partial charge is 0.123 e. The summed E-state index contributed by atoms with van der Waals surface area (Å²) < 4.78 is 27.2. The molecular weight excluding hydrogens is 434 g/mol. The van der Waals surface area contributed by atoms with Crippen LogP contribution >= 0.6 is 11.3 Å². The van der Waals surface area contributed by atoms with E-state index in [0.29, 0.717) is 12.8 Å². The molecule has 0 aliphatic heterocycles. The number of thiophene rings is 1. The van der Waals surface area contributed by atoms with Gasteiger partial charge in [0.1, 0.15) is 18.1 Å². The Labute approximate surface area is 191 Å². The number of aryl methyl sites for hydroxylation is 2. The molecule has 1 heterocycles. The van der Waals surface area contributed by atoms with Crippen molar-refractivity contribution in [1.82, 2.24) is 0 Å². The third kappa shape index (κ3) is 7.76. The molecule has 0 fully saturated rings. The summed E-state index contributed by atoms with van der Waals surface area (Å²) in [6.45, 7) is 1.66. The second kappa shape index (κ2) is 13.4. The Kier molecular flexibility index (Phi) is 10.9. The predicted molar refractivity (Wildman–Crippen MR) is 124 cm³/mol. The lowest BCUT2D eigenvalue weighted by molar-refractivity contribution is -0.288. The molecule has 32 heavy (non-hydrogen) atoms. The van der Waals surface area contributed by atoms with Crippen molar-refractivity contribution < 1.29 is 29.1 Å². The van der Waals surface area contributed by atoms with Gasteiger partial charge in [0.25, 0.3) is 0 Å². The molecule has 2 aromatic carbocycles. The average molecular weight is 465 g/mol. The Hall–Kier alpha value is -2.16. The fourth-order valence-corrected chi connectivity index (χ4v) is 4.41. The van der Waals surface area contributed by atoms with Crippen molar-refractivity contribution in [3.8, 4) is 10.4 Å². The van der Waals surface area contributed by atoms with E-state index in [4.69, 9.17) is 15.5 Å². The highest BCUT2D eigenvalue weighted by Gasteiger charge is 2.16. The fraction of sp³-hybridized carbons (Fsp3) is 0.360. The van der Waals surface area contributed by atoms with E-state index in [1.54, 1.807) is 23.5 Å². The Balaban J connectivity index is 0.00000176. The van der Waals surface area contributed by atoms with Crippen LogP contribution in [0.5, 0.6) is 0 Å². The fourth-order valence-electron chi connectivity index (χ4n) is 3.38. The highest BCUT2D eigenvalue weighted by atomic mass is 32.1. The van der Waals surface area contributed by atoms with Gasteiger partial charge in [-0.15, -0.1) is 11.3 Å². The standard InChI is InChI=1S/C24H26F2O3S.CH4O/c1-16-2-3-17(4-7-21(26)14-22(15-27)29-28)12-19(16)13-23-10-11-24(30-23)18-5-8-20(25)9-6-18;1-2/h2-3,5-6,8-12,21-22,27-28H,4,7,13-15H2,1H3;2H,1H3. The maximum Gasteiger partial charge on any atom is 0.123 e. The van der Waals surface area contributed by atoms with E-state index in [0.717, 1.165) is 29.5 Å². The summed E-state index contributed by atoms with van der Waals surface area (Å²) in [5, 5.41) is 24.6. The van der Waals surface area contributed by atoms with Gasteiger partial charge in [-0.2, -0.15) is 0 Å². The van der Waals surface area contributed by atoms with Crippen LogP contribution in [0.2, 0.25) is 0 Å². The first-order valence-corrected chi connectivity index (χ1v) is 11.2. The van der Waals surface area contributed by atoms with Crippen molar-refractivity contribution >= 4 is 11.3 Å². The first-order valence-electron chi connectivity index (χ1n) is 10.4. The molecule has 0 saturated heterocycles. The van der Waals surface area contributed by atoms with E-state index in [1.165, 1.54) is 28.1 Å². The molecule has 0 bridgehead atoms. The zero-order valence-electron chi connectivity index (χ0n) is 18.3.